The Morgan fingerprint density at radius 2 is 1.93 bits per heavy atom. The quantitative estimate of drug-likeness (QED) is 0.616. The zero-order valence-electron chi connectivity index (χ0n) is 16.8. The Labute approximate surface area is 182 Å². The lowest BCUT2D eigenvalue weighted by molar-refractivity contribution is -0.149. The lowest BCUT2D eigenvalue weighted by Crippen LogP contribution is -2.59. The SMILES string of the molecule is CCN1CCC2(CC1)Oc1ccc(C)cc1[C@@H]1CC(c3ccc(Cl)cc3Cl)=NN12. The van der Waals surface area contributed by atoms with Crippen molar-refractivity contribution >= 4 is 28.9 Å². The predicted octanol–water partition coefficient (Wildman–Crippen LogP) is 5.66. The van der Waals surface area contributed by atoms with Gasteiger partial charge in [0.1, 0.15) is 5.75 Å². The minimum atomic E-state index is -0.390. The van der Waals surface area contributed by atoms with Gasteiger partial charge in [-0.25, -0.2) is 5.01 Å². The van der Waals surface area contributed by atoms with Crippen LogP contribution in [0.1, 0.15) is 48.9 Å². The van der Waals surface area contributed by atoms with Crippen molar-refractivity contribution in [2.75, 3.05) is 19.6 Å². The molecule has 3 aliphatic heterocycles. The number of halogens is 2. The molecule has 0 N–H and O–H groups in total. The third-order valence-corrected chi connectivity index (χ3v) is 7.03. The second kappa shape index (κ2) is 7.19. The molecule has 1 spiro atoms. The van der Waals surface area contributed by atoms with Gasteiger partial charge in [0.25, 0.3) is 0 Å². The summed E-state index contributed by atoms with van der Waals surface area (Å²) in [5.74, 6) is 1.00. The molecule has 0 bridgehead atoms. The highest BCUT2D eigenvalue weighted by Gasteiger charge is 2.51. The summed E-state index contributed by atoms with van der Waals surface area (Å²) in [4.78, 5) is 2.48. The van der Waals surface area contributed by atoms with Crippen molar-refractivity contribution in [1.82, 2.24) is 9.91 Å². The molecule has 3 heterocycles. The Bertz CT molecular complexity index is 982. The molecule has 2 aromatic rings. The Balaban J connectivity index is 1.58. The molecule has 29 heavy (non-hydrogen) atoms. The van der Waals surface area contributed by atoms with Crippen molar-refractivity contribution in [3.63, 3.8) is 0 Å². The molecule has 0 amide bonds. The molecule has 0 radical (unpaired) electrons. The average Bonchev–Trinajstić information content (AvgIpc) is 3.16. The summed E-state index contributed by atoms with van der Waals surface area (Å²) in [6.45, 7) is 7.46. The Hall–Kier alpha value is -1.75. The highest BCUT2D eigenvalue weighted by molar-refractivity contribution is 6.37. The lowest BCUT2D eigenvalue weighted by Gasteiger charge is -2.51. The van der Waals surface area contributed by atoms with Crippen molar-refractivity contribution in [1.29, 1.82) is 0 Å². The third kappa shape index (κ3) is 3.22. The van der Waals surface area contributed by atoms with Crippen LogP contribution in [0.2, 0.25) is 10.0 Å². The number of fused-ring (bicyclic) bond motifs is 4. The van der Waals surface area contributed by atoms with E-state index in [2.05, 4.69) is 42.0 Å². The standard InChI is InChI=1S/C23H25Cl2N3O/c1-3-27-10-8-23(9-11-27)28-21(18-12-15(2)4-7-22(18)29-23)14-20(26-28)17-6-5-16(24)13-19(17)25/h4-7,12-13,21H,3,8-11,14H2,1-2H3/t21-/m0/s1. The summed E-state index contributed by atoms with van der Waals surface area (Å²) in [5.41, 5.74) is 4.03. The molecule has 0 aromatic heterocycles. The maximum Gasteiger partial charge on any atom is 0.200 e. The van der Waals surface area contributed by atoms with E-state index >= 15 is 0 Å². The van der Waals surface area contributed by atoms with Crippen molar-refractivity contribution in [3.05, 3.63) is 63.1 Å². The minimum Gasteiger partial charge on any atom is -0.466 e. The van der Waals surface area contributed by atoms with Crippen LogP contribution in [0.4, 0.5) is 0 Å². The van der Waals surface area contributed by atoms with Crippen molar-refractivity contribution in [2.24, 2.45) is 5.10 Å². The number of piperidine rings is 1. The first-order valence-corrected chi connectivity index (χ1v) is 11.1. The normalized spacial score (nSPS) is 22.8. The molecule has 5 rings (SSSR count). The number of hydrogen-bond donors (Lipinski definition) is 0. The van der Waals surface area contributed by atoms with Gasteiger partial charge in [0.15, 0.2) is 0 Å². The van der Waals surface area contributed by atoms with Crippen LogP contribution in [-0.2, 0) is 0 Å². The smallest absolute Gasteiger partial charge is 0.200 e. The fraction of sp³-hybridized carbons (Fsp3) is 0.435. The van der Waals surface area contributed by atoms with Gasteiger partial charge in [-0.05, 0) is 31.7 Å². The highest BCUT2D eigenvalue weighted by Crippen LogP contribution is 2.50. The molecule has 1 atom stereocenters. The Morgan fingerprint density at radius 3 is 2.66 bits per heavy atom. The molecular weight excluding hydrogens is 405 g/mol. The number of rotatable bonds is 2. The summed E-state index contributed by atoms with van der Waals surface area (Å²) in [5, 5.41) is 8.64. The number of hydrazone groups is 1. The van der Waals surface area contributed by atoms with E-state index in [0.717, 1.165) is 55.9 Å². The first-order chi connectivity index (χ1) is 14.0. The van der Waals surface area contributed by atoms with Gasteiger partial charge in [0, 0.05) is 48.5 Å². The zero-order chi connectivity index (χ0) is 20.2. The van der Waals surface area contributed by atoms with E-state index in [9.17, 15) is 0 Å². The number of ether oxygens (including phenoxy) is 1. The molecule has 0 unspecified atom stereocenters. The van der Waals surface area contributed by atoms with Gasteiger partial charge in [-0.1, -0.05) is 53.9 Å². The second-order valence-corrected chi connectivity index (χ2v) is 9.10. The fourth-order valence-electron chi connectivity index (χ4n) is 4.84. The molecule has 152 valence electrons. The van der Waals surface area contributed by atoms with E-state index in [1.54, 1.807) is 6.07 Å². The number of aryl methyl sites for hydroxylation is 1. The van der Waals surface area contributed by atoms with Crippen LogP contribution >= 0.6 is 23.2 Å². The lowest BCUT2D eigenvalue weighted by atomic mass is 9.90. The molecule has 3 aliphatic rings. The van der Waals surface area contributed by atoms with Crippen LogP contribution in [0, 0.1) is 6.92 Å². The van der Waals surface area contributed by atoms with Crippen LogP contribution in [0.15, 0.2) is 41.5 Å². The van der Waals surface area contributed by atoms with Gasteiger partial charge >= 0.3 is 0 Å². The second-order valence-electron chi connectivity index (χ2n) is 8.26. The highest BCUT2D eigenvalue weighted by atomic mass is 35.5. The van der Waals surface area contributed by atoms with E-state index in [1.165, 1.54) is 11.1 Å². The number of likely N-dealkylation sites (tertiary alicyclic amines) is 1. The van der Waals surface area contributed by atoms with Gasteiger partial charge in [-0.15, -0.1) is 0 Å². The molecule has 1 saturated heterocycles. The number of nitrogens with zero attached hydrogens (tertiary/aromatic N) is 3. The van der Waals surface area contributed by atoms with Crippen molar-refractivity contribution < 1.29 is 4.74 Å². The zero-order valence-corrected chi connectivity index (χ0v) is 18.3. The van der Waals surface area contributed by atoms with Gasteiger partial charge in [-0.2, -0.15) is 5.10 Å². The van der Waals surface area contributed by atoms with Crippen LogP contribution in [0.25, 0.3) is 0 Å². The van der Waals surface area contributed by atoms with E-state index in [4.69, 9.17) is 33.0 Å². The van der Waals surface area contributed by atoms with E-state index in [-0.39, 0.29) is 11.8 Å². The van der Waals surface area contributed by atoms with E-state index in [0.29, 0.717) is 10.0 Å². The van der Waals surface area contributed by atoms with Crippen LogP contribution in [-0.4, -0.2) is 41.0 Å². The Kier molecular flexibility index (Phi) is 4.77. The largest absolute Gasteiger partial charge is 0.466 e. The number of benzene rings is 2. The first-order valence-electron chi connectivity index (χ1n) is 10.3. The molecule has 1 fully saturated rings. The third-order valence-electron chi connectivity index (χ3n) is 6.48. The Morgan fingerprint density at radius 1 is 1.14 bits per heavy atom. The maximum atomic E-state index is 6.69. The van der Waals surface area contributed by atoms with E-state index < -0.39 is 0 Å². The summed E-state index contributed by atoms with van der Waals surface area (Å²) >= 11 is 12.6. The summed E-state index contributed by atoms with van der Waals surface area (Å²) in [7, 11) is 0. The monoisotopic (exact) mass is 429 g/mol. The van der Waals surface area contributed by atoms with Crippen molar-refractivity contribution in [3.8, 4) is 5.75 Å². The molecule has 2 aromatic carbocycles. The van der Waals surface area contributed by atoms with Gasteiger partial charge in [-0.3, -0.25) is 0 Å². The van der Waals surface area contributed by atoms with Gasteiger partial charge < -0.3 is 9.64 Å². The molecule has 0 saturated carbocycles. The summed E-state index contributed by atoms with van der Waals surface area (Å²) < 4.78 is 6.69. The van der Waals surface area contributed by atoms with Crippen LogP contribution in [0.3, 0.4) is 0 Å². The fourth-order valence-corrected chi connectivity index (χ4v) is 5.35. The van der Waals surface area contributed by atoms with Gasteiger partial charge in [0.2, 0.25) is 5.72 Å². The average molecular weight is 430 g/mol. The van der Waals surface area contributed by atoms with Crippen LogP contribution in [0.5, 0.6) is 5.75 Å². The minimum absolute atomic E-state index is 0.175. The molecule has 6 heteroatoms. The van der Waals surface area contributed by atoms with Crippen LogP contribution < -0.4 is 4.74 Å². The molecule has 0 aliphatic carbocycles. The van der Waals surface area contributed by atoms with Gasteiger partial charge in [0.05, 0.1) is 16.8 Å². The first kappa shape index (κ1) is 19.2. The molecule has 4 nitrogen and oxygen atoms in total. The summed E-state index contributed by atoms with van der Waals surface area (Å²) in [6, 6.07) is 12.3. The van der Waals surface area contributed by atoms with Crippen molar-refractivity contribution in [2.45, 2.75) is 44.9 Å². The molecular formula is C23H25Cl2N3O. The van der Waals surface area contributed by atoms with E-state index in [1.807, 2.05) is 12.1 Å². The summed E-state index contributed by atoms with van der Waals surface area (Å²) in [6.07, 6.45) is 2.70. The topological polar surface area (TPSA) is 28.1 Å². The number of hydrogen-bond acceptors (Lipinski definition) is 4. The maximum absolute atomic E-state index is 6.69. The predicted molar refractivity (Wildman–Crippen MR) is 118 cm³/mol.